The zero-order valence-corrected chi connectivity index (χ0v) is 26.7. The molecule has 2 atom stereocenters. The topological polar surface area (TPSA) is 102 Å². The lowest BCUT2D eigenvalue weighted by Crippen LogP contribution is -2.53. The van der Waals surface area contributed by atoms with Crippen molar-refractivity contribution in [2.75, 3.05) is 42.5 Å². The summed E-state index contributed by atoms with van der Waals surface area (Å²) >= 11 is 0. The van der Waals surface area contributed by atoms with Gasteiger partial charge in [0.15, 0.2) is 0 Å². The maximum absolute atomic E-state index is 13.4. The van der Waals surface area contributed by atoms with Gasteiger partial charge in [-0.05, 0) is 77.3 Å². The molecular formula is C33H46N8O3. The molecule has 236 valence electrons. The molecule has 6 rings (SSSR count). The summed E-state index contributed by atoms with van der Waals surface area (Å²) in [5.41, 5.74) is 2.94. The molecule has 11 nitrogen and oxygen atoms in total. The van der Waals surface area contributed by atoms with E-state index in [1.807, 2.05) is 57.3 Å². The Bertz CT molecular complexity index is 1520. The Hall–Kier alpha value is -3.89. The molecule has 0 N–H and O–H groups in total. The number of hydrogen-bond acceptors (Lipinski definition) is 8. The third-order valence-electron chi connectivity index (χ3n) is 9.19. The average molecular weight is 603 g/mol. The van der Waals surface area contributed by atoms with E-state index in [1.54, 1.807) is 21.5 Å². The lowest BCUT2D eigenvalue weighted by Gasteiger charge is -2.43. The molecule has 0 radical (unpaired) electrons. The molecule has 0 bridgehead atoms. The average Bonchev–Trinajstić information content (AvgIpc) is 3.44. The molecule has 0 spiro atoms. The number of aromatic nitrogens is 5. The first-order valence-corrected chi connectivity index (χ1v) is 16.1. The molecule has 44 heavy (non-hydrogen) atoms. The van der Waals surface area contributed by atoms with Crippen molar-refractivity contribution < 1.29 is 9.53 Å². The molecule has 1 amide bonds. The maximum Gasteiger partial charge on any atom is 0.410 e. The first-order chi connectivity index (χ1) is 21.0. The van der Waals surface area contributed by atoms with Gasteiger partial charge in [0.25, 0.3) is 5.56 Å². The van der Waals surface area contributed by atoms with Crippen LogP contribution in [-0.2, 0) is 4.74 Å². The van der Waals surface area contributed by atoms with Crippen molar-refractivity contribution in [3.8, 4) is 11.3 Å². The van der Waals surface area contributed by atoms with Gasteiger partial charge in [0.1, 0.15) is 17.5 Å². The Labute approximate surface area is 259 Å². The number of ether oxygens (including phenoxy) is 1. The highest BCUT2D eigenvalue weighted by molar-refractivity contribution is 5.69. The van der Waals surface area contributed by atoms with Crippen LogP contribution < -0.4 is 15.4 Å². The van der Waals surface area contributed by atoms with Crippen LogP contribution in [0.15, 0.2) is 47.8 Å². The minimum Gasteiger partial charge on any atom is -0.444 e. The Balaban J connectivity index is 1.15. The fourth-order valence-electron chi connectivity index (χ4n) is 6.44. The third kappa shape index (κ3) is 6.61. The summed E-state index contributed by atoms with van der Waals surface area (Å²) in [6.45, 7) is 14.3. The summed E-state index contributed by atoms with van der Waals surface area (Å²) < 4.78 is 9.20. The van der Waals surface area contributed by atoms with Crippen LogP contribution >= 0.6 is 0 Å². The quantitative estimate of drug-likeness (QED) is 0.354. The molecule has 11 heteroatoms. The summed E-state index contributed by atoms with van der Waals surface area (Å²) in [6, 6.07) is 5.83. The van der Waals surface area contributed by atoms with E-state index in [9.17, 15) is 9.59 Å². The second-order valence-corrected chi connectivity index (χ2v) is 14.0. The fourth-order valence-corrected chi connectivity index (χ4v) is 6.44. The summed E-state index contributed by atoms with van der Waals surface area (Å²) in [4.78, 5) is 37.6. The van der Waals surface area contributed by atoms with Gasteiger partial charge in [-0.15, -0.1) is 5.10 Å². The molecule has 0 aromatic carbocycles. The van der Waals surface area contributed by atoms with Crippen LogP contribution in [0, 0.1) is 11.8 Å². The number of nitrogens with zero attached hydrogens (tertiary/aromatic N) is 8. The van der Waals surface area contributed by atoms with Crippen molar-refractivity contribution in [1.29, 1.82) is 0 Å². The van der Waals surface area contributed by atoms with E-state index in [1.165, 1.54) is 19.3 Å². The SMILES string of the molecule is CC1CN(c2cncc(-c3cn(C(C)n4ccc(N5CCC[C@@H](N(CC6CCC6)C(=O)OC(C)(C)C)C5)cc4=O)nn3)c2)C1. The van der Waals surface area contributed by atoms with Gasteiger partial charge in [0, 0.05) is 62.4 Å². The van der Waals surface area contributed by atoms with Crippen molar-refractivity contribution in [3.63, 3.8) is 0 Å². The summed E-state index contributed by atoms with van der Waals surface area (Å²) in [5.74, 6) is 1.25. The Morgan fingerprint density at radius 2 is 1.86 bits per heavy atom. The molecule has 2 saturated heterocycles. The minimum absolute atomic E-state index is 0.0478. The molecule has 3 fully saturated rings. The van der Waals surface area contributed by atoms with Gasteiger partial charge < -0.3 is 19.4 Å². The monoisotopic (exact) mass is 602 g/mol. The van der Waals surface area contributed by atoms with Crippen molar-refractivity contribution in [2.24, 2.45) is 11.8 Å². The van der Waals surface area contributed by atoms with Gasteiger partial charge in [-0.25, -0.2) is 9.48 Å². The van der Waals surface area contributed by atoms with E-state index in [2.05, 4.69) is 38.1 Å². The second kappa shape index (κ2) is 12.2. The third-order valence-corrected chi connectivity index (χ3v) is 9.19. The molecule has 5 heterocycles. The molecule has 3 aromatic heterocycles. The number of amides is 1. The normalized spacial score (nSPS) is 20.2. The Morgan fingerprint density at radius 3 is 2.55 bits per heavy atom. The highest BCUT2D eigenvalue weighted by atomic mass is 16.6. The van der Waals surface area contributed by atoms with E-state index in [4.69, 9.17) is 4.74 Å². The van der Waals surface area contributed by atoms with E-state index in [-0.39, 0.29) is 23.9 Å². The van der Waals surface area contributed by atoms with Crippen LogP contribution in [0.25, 0.3) is 11.3 Å². The molecular weight excluding hydrogens is 556 g/mol. The molecule has 1 saturated carbocycles. The van der Waals surface area contributed by atoms with Crippen molar-refractivity contribution >= 4 is 17.5 Å². The summed E-state index contributed by atoms with van der Waals surface area (Å²) in [7, 11) is 0. The number of rotatable bonds is 8. The van der Waals surface area contributed by atoms with Gasteiger partial charge in [0.05, 0.1) is 24.1 Å². The van der Waals surface area contributed by atoms with Crippen LogP contribution in [0.1, 0.15) is 72.9 Å². The van der Waals surface area contributed by atoms with Gasteiger partial charge >= 0.3 is 6.09 Å². The van der Waals surface area contributed by atoms with E-state index in [0.29, 0.717) is 18.4 Å². The predicted octanol–water partition coefficient (Wildman–Crippen LogP) is 5.03. The van der Waals surface area contributed by atoms with Crippen molar-refractivity contribution in [1.82, 2.24) is 29.4 Å². The largest absolute Gasteiger partial charge is 0.444 e. The van der Waals surface area contributed by atoms with Crippen molar-refractivity contribution in [3.05, 3.63) is 53.3 Å². The molecule has 3 aliphatic rings. The van der Waals surface area contributed by atoms with Crippen LogP contribution in [0.3, 0.4) is 0 Å². The number of pyridine rings is 2. The summed E-state index contributed by atoms with van der Waals surface area (Å²) in [6.07, 6.45) is 12.2. The zero-order valence-electron chi connectivity index (χ0n) is 26.7. The first-order valence-electron chi connectivity index (χ1n) is 16.1. The second-order valence-electron chi connectivity index (χ2n) is 14.0. The van der Waals surface area contributed by atoms with Gasteiger partial charge in [-0.2, -0.15) is 0 Å². The summed E-state index contributed by atoms with van der Waals surface area (Å²) in [5, 5.41) is 8.75. The Morgan fingerprint density at radius 1 is 1.07 bits per heavy atom. The number of piperidine rings is 1. The molecule has 2 aliphatic heterocycles. The molecule has 1 aliphatic carbocycles. The van der Waals surface area contributed by atoms with Crippen LogP contribution in [0.2, 0.25) is 0 Å². The van der Waals surface area contributed by atoms with Crippen molar-refractivity contribution in [2.45, 2.75) is 84.5 Å². The maximum atomic E-state index is 13.4. The highest BCUT2D eigenvalue weighted by Gasteiger charge is 2.34. The minimum atomic E-state index is -0.538. The van der Waals surface area contributed by atoms with E-state index >= 15 is 0 Å². The smallest absolute Gasteiger partial charge is 0.410 e. The lowest BCUT2D eigenvalue weighted by atomic mass is 9.84. The van der Waals surface area contributed by atoms with E-state index < -0.39 is 5.60 Å². The van der Waals surface area contributed by atoms with Gasteiger partial charge in [0.2, 0.25) is 0 Å². The fraction of sp³-hybridized carbons (Fsp3) is 0.606. The standard InChI is InChI=1S/C33H46N8O3/c1-23-18-38(19-23)29-14-26(16-34-17-29)30-22-41(36-35-30)24(2)39-13-11-27(15-31(39)42)37-12-7-10-28(21-37)40(20-25-8-6-9-25)32(43)44-33(3,4)5/h11,13-17,22-25,28H,6-10,12,18-21H2,1-5H3/t24?,28-/m1/s1. The first kappa shape index (κ1) is 30.1. The predicted molar refractivity (Wildman–Crippen MR) is 171 cm³/mol. The lowest BCUT2D eigenvalue weighted by molar-refractivity contribution is 0.00736. The molecule has 1 unspecified atom stereocenters. The van der Waals surface area contributed by atoms with Gasteiger partial charge in [-0.3, -0.25) is 14.3 Å². The number of carbonyl (C=O) groups is 1. The number of hydrogen-bond donors (Lipinski definition) is 0. The van der Waals surface area contributed by atoms with E-state index in [0.717, 1.165) is 61.7 Å². The zero-order chi connectivity index (χ0) is 31.0. The molecule has 3 aromatic rings. The number of carbonyl (C=O) groups excluding carboxylic acids is 1. The highest BCUT2D eigenvalue weighted by Crippen LogP contribution is 2.31. The Kier molecular flexibility index (Phi) is 8.39. The number of anilines is 2. The van der Waals surface area contributed by atoms with Crippen LogP contribution in [-0.4, -0.2) is 79.9 Å². The van der Waals surface area contributed by atoms with Crippen LogP contribution in [0.4, 0.5) is 16.2 Å². The van der Waals surface area contributed by atoms with Crippen LogP contribution in [0.5, 0.6) is 0 Å². The van der Waals surface area contributed by atoms with Gasteiger partial charge in [-0.1, -0.05) is 18.6 Å².